The number of hydrogen-bond acceptors (Lipinski definition) is 3. The van der Waals surface area contributed by atoms with Crippen molar-refractivity contribution in [3.63, 3.8) is 0 Å². The van der Waals surface area contributed by atoms with Crippen LogP contribution in [0.1, 0.15) is 24.8 Å². The van der Waals surface area contributed by atoms with Gasteiger partial charge in [0, 0.05) is 13.5 Å². The Hall–Kier alpha value is -1.71. The smallest absolute Gasteiger partial charge is 0.231 e. The van der Waals surface area contributed by atoms with E-state index in [-0.39, 0.29) is 18.6 Å². The van der Waals surface area contributed by atoms with E-state index in [9.17, 15) is 4.79 Å². The lowest BCUT2D eigenvalue weighted by atomic mass is 9.97. The van der Waals surface area contributed by atoms with Gasteiger partial charge in [-0.1, -0.05) is 13.0 Å². The highest BCUT2D eigenvalue weighted by atomic mass is 16.7. The summed E-state index contributed by atoms with van der Waals surface area (Å²) < 4.78 is 10.5. The van der Waals surface area contributed by atoms with E-state index in [0.717, 1.165) is 17.1 Å². The number of nitrogens with one attached hydrogen (secondary N) is 1. The molecule has 16 heavy (non-hydrogen) atoms. The van der Waals surface area contributed by atoms with E-state index in [1.807, 2.05) is 25.1 Å². The average molecular weight is 221 g/mol. The molecule has 1 amide bonds. The highest BCUT2D eigenvalue weighted by molar-refractivity contribution is 5.76. The second kappa shape index (κ2) is 4.43. The van der Waals surface area contributed by atoms with Gasteiger partial charge in [-0.15, -0.1) is 0 Å². The largest absolute Gasteiger partial charge is 0.454 e. The highest BCUT2D eigenvalue weighted by Crippen LogP contribution is 2.35. The molecular formula is C12H15NO3. The van der Waals surface area contributed by atoms with Crippen LogP contribution in [0.15, 0.2) is 18.2 Å². The monoisotopic (exact) mass is 221 g/mol. The van der Waals surface area contributed by atoms with Gasteiger partial charge in [-0.25, -0.2) is 0 Å². The molecule has 4 heteroatoms. The Morgan fingerprint density at radius 3 is 2.94 bits per heavy atom. The molecule has 0 bridgehead atoms. The molecule has 4 nitrogen and oxygen atoms in total. The Bertz CT molecular complexity index is 403. The number of ether oxygens (including phenoxy) is 2. The van der Waals surface area contributed by atoms with E-state index in [1.54, 1.807) is 7.05 Å². The molecule has 1 N–H and O–H groups in total. The zero-order chi connectivity index (χ0) is 11.5. The number of benzene rings is 1. The molecule has 0 aromatic heterocycles. The summed E-state index contributed by atoms with van der Waals surface area (Å²) in [6, 6.07) is 5.80. The average Bonchev–Trinajstić information content (AvgIpc) is 2.75. The third kappa shape index (κ3) is 2.10. The molecule has 0 radical (unpaired) electrons. The van der Waals surface area contributed by atoms with Crippen LogP contribution in [0.3, 0.4) is 0 Å². The Kier molecular flexibility index (Phi) is 2.99. The van der Waals surface area contributed by atoms with E-state index in [1.165, 1.54) is 0 Å². The fourth-order valence-corrected chi connectivity index (χ4v) is 1.72. The first-order valence-electron chi connectivity index (χ1n) is 5.31. The summed E-state index contributed by atoms with van der Waals surface area (Å²) in [6.45, 7) is 2.30. The van der Waals surface area contributed by atoms with Gasteiger partial charge in [-0.2, -0.15) is 0 Å². The number of hydrogen-bond donors (Lipinski definition) is 1. The summed E-state index contributed by atoms with van der Waals surface area (Å²) in [5.74, 6) is 1.76. The Morgan fingerprint density at radius 1 is 1.44 bits per heavy atom. The van der Waals surface area contributed by atoms with Crippen LogP contribution in [0, 0.1) is 0 Å². The van der Waals surface area contributed by atoms with Crippen molar-refractivity contribution < 1.29 is 14.3 Å². The second-order valence-electron chi connectivity index (χ2n) is 3.89. The maximum Gasteiger partial charge on any atom is 0.231 e. The third-order valence-electron chi connectivity index (χ3n) is 2.74. The molecule has 0 fully saturated rings. The van der Waals surface area contributed by atoms with Crippen molar-refractivity contribution in [3.8, 4) is 11.5 Å². The highest BCUT2D eigenvalue weighted by Gasteiger charge is 2.16. The van der Waals surface area contributed by atoms with Gasteiger partial charge in [-0.05, 0) is 23.6 Å². The Balaban J connectivity index is 2.12. The summed E-state index contributed by atoms with van der Waals surface area (Å²) in [5, 5.41) is 2.62. The SMILES string of the molecule is CNC(=O)C[C@H](C)c1ccc2c(c1)OCO2. The summed E-state index contributed by atoms with van der Waals surface area (Å²) in [4.78, 5) is 11.3. The van der Waals surface area contributed by atoms with E-state index in [4.69, 9.17) is 9.47 Å². The van der Waals surface area contributed by atoms with Crippen molar-refractivity contribution in [1.29, 1.82) is 0 Å². The Labute approximate surface area is 94.6 Å². The summed E-state index contributed by atoms with van der Waals surface area (Å²) >= 11 is 0. The molecule has 1 heterocycles. The summed E-state index contributed by atoms with van der Waals surface area (Å²) in [7, 11) is 1.65. The standard InChI is InChI=1S/C12H15NO3/c1-8(5-12(14)13-2)9-3-4-10-11(6-9)16-7-15-10/h3-4,6,8H,5,7H2,1-2H3,(H,13,14)/t8-/m0/s1. The van der Waals surface area contributed by atoms with Crippen LogP contribution in [-0.4, -0.2) is 19.7 Å². The molecule has 86 valence electrons. The van der Waals surface area contributed by atoms with Crippen LogP contribution in [0.25, 0.3) is 0 Å². The molecule has 0 saturated carbocycles. The van der Waals surface area contributed by atoms with Crippen molar-refractivity contribution in [3.05, 3.63) is 23.8 Å². The van der Waals surface area contributed by atoms with Crippen molar-refractivity contribution in [2.45, 2.75) is 19.3 Å². The van der Waals surface area contributed by atoms with Gasteiger partial charge >= 0.3 is 0 Å². The van der Waals surface area contributed by atoms with Crippen LogP contribution >= 0.6 is 0 Å². The number of fused-ring (bicyclic) bond motifs is 1. The van der Waals surface area contributed by atoms with Crippen molar-refractivity contribution in [1.82, 2.24) is 5.32 Å². The van der Waals surface area contributed by atoms with E-state index >= 15 is 0 Å². The first-order valence-corrected chi connectivity index (χ1v) is 5.31. The molecule has 2 rings (SSSR count). The van der Waals surface area contributed by atoms with Gasteiger partial charge in [0.25, 0.3) is 0 Å². The quantitative estimate of drug-likeness (QED) is 0.844. The lowest BCUT2D eigenvalue weighted by molar-refractivity contribution is -0.120. The fraction of sp³-hybridized carbons (Fsp3) is 0.417. The van der Waals surface area contributed by atoms with Crippen LogP contribution in [0.2, 0.25) is 0 Å². The van der Waals surface area contributed by atoms with Crippen molar-refractivity contribution in [2.75, 3.05) is 13.8 Å². The molecular weight excluding hydrogens is 206 g/mol. The van der Waals surface area contributed by atoms with Crippen molar-refractivity contribution in [2.24, 2.45) is 0 Å². The van der Waals surface area contributed by atoms with Crippen molar-refractivity contribution >= 4 is 5.91 Å². The predicted octanol–water partition coefficient (Wildman–Crippen LogP) is 1.65. The first-order chi connectivity index (χ1) is 7.70. The van der Waals surface area contributed by atoms with Gasteiger partial charge in [0.1, 0.15) is 0 Å². The van der Waals surface area contributed by atoms with Gasteiger partial charge in [0.2, 0.25) is 12.7 Å². The molecule has 1 atom stereocenters. The van der Waals surface area contributed by atoms with E-state index in [2.05, 4.69) is 5.32 Å². The maximum absolute atomic E-state index is 11.3. The second-order valence-corrected chi connectivity index (χ2v) is 3.89. The number of carbonyl (C=O) groups is 1. The van der Waals surface area contributed by atoms with Crippen LogP contribution in [0.5, 0.6) is 11.5 Å². The van der Waals surface area contributed by atoms with E-state index in [0.29, 0.717) is 6.42 Å². The molecule has 0 spiro atoms. The number of amides is 1. The summed E-state index contributed by atoms with van der Waals surface area (Å²) in [6.07, 6.45) is 0.482. The van der Waals surface area contributed by atoms with Gasteiger partial charge in [0.15, 0.2) is 11.5 Å². The molecule has 1 aromatic carbocycles. The zero-order valence-electron chi connectivity index (χ0n) is 9.45. The van der Waals surface area contributed by atoms with Gasteiger partial charge in [0.05, 0.1) is 0 Å². The minimum atomic E-state index is 0.0465. The van der Waals surface area contributed by atoms with E-state index < -0.39 is 0 Å². The first kappa shape index (κ1) is 10.8. The normalized spacial score (nSPS) is 14.6. The molecule has 1 aliphatic rings. The zero-order valence-corrected chi connectivity index (χ0v) is 9.45. The minimum absolute atomic E-state index is 0.0465. The minimum Gasteiger partial charge on any atom is -0.454 e. The van der Waals surface area contributed by atoms with Gasteiger partial charge in [-0.3, -0.25) is 4.79 Å². The predicted molar refractivity (Wildman–Crippen MR) is 59.7 cm³/mol. The van der Waals surface area contributed by atoms with Crippen LogP contribution in [0.4, 0.5) is 0 Å². The molecule has 1 aromatic rings. The molecule has 0 aliphatic carbocycles. The van der Waals surface area contributed by atoms with Crippen LogP contribution in [-0.2, 0) is 4.79 Å². The number of carbonyl (C=O) groups excluding carboxylic acids is 1. The summed E-state index contributed by atoms with van der Waals surface area (Å²) in [5.41, 5.74) is 1.09. The molecule has 1 aliphatic heterocycles. The van der Waals surface area contributed by atoms with Crippen LogP contribution < -0.4 is 14.8 Å². The maximum atomic E-state index is 11.3. The Morgan fingerprint density at radius 2 is 2.19 bits per heavy atom. The lowest BCUT2D eigenvalue weighted by Gasteiger charge is -2.11. The fourth-order valence-electron chi connectivity index (χ4n) is 1.72. The van der Waals surface area contributed by atoms with Gasteiger partial charge < -0.3 is 14.8 Å². The third-order valence-corrected chi connectivity index (χ3v) is 2.74. The lowest BCUT2D eigenvalue weighted by Crippen LogP contribution is -2.19. The molecule has 0 unspecified atom stereocenters. The molecule has 0 saturated heterocycles. The topological polar surface area (TPSA) is 47.6 Å². The number of rotatable bonds is 3.